The summed E-state index contributed by atoms with van der Waals surface area (Å²) in [5.74, 6) is -0.793. The van der Waals surface area contributed by atoms with Crippen LogP contribution in [0.25, 0.3) is 10.9 Å². The zero-order valence-electron chi connectivity index (χ0n) is 11.9. The van der Waals surface area contributed by atoms with E-state index in [4.69, 9.17) is 5.11 Å². The molecule has 1 heterocycles. The average molecular weight is 259 g/mol. The first-order valence-electron chi connectivity index (χ1n) is 6.83. The standard InChI is InChI=1S/C16H21NO2/c1-4-5-6-13-9-17(10-15(18)19)16-12(3)7-11(2)8-14(13)16/h7-9H,4-6,10H2,1-3H3,(H,18,19). The Balaban J connectivity index is 2.59. The van der Waals surface area contributed by atoms with Gasteiger partial charge in [-0.05, 0) is 43.9 Å². The number of carbonyl (C=O) groups is 1. The van der Waals surface area contributed by atoms with Crippen molar-refractivity contribution in [2.75, 3.05) is 0 Å². The maximum Gasteiger partial charge on any atom is 0.323 e. The molecule has 19 heavy (non-hydrogen) atoms. The Hall–Kier alpha value is -1.77. The largest absolute Gasteiger partial charge is 0.480 e. The molecule has 3 heteroatoms. The van der Waals surface area contributed by atoms with Gasteiger partial charge in [0, 0.05) is 11.6 Å². The van der Waals surface area contributed by atoms with Gasteiger partial charge in [-0.1, -0.05) is 25.0 Å². The predicted octanol–water partition coefficient (Wildman–Crippen LogP) is 3.69. The van der Waals surface area contributed by atoms with Crippen molar-refractivity contribution < 1.29 is 9.90 Å². The van der Waals surface area contributed by atoms with E-state index in [-0.39, 0.29) is 6.54 Å². The normalized spacial score (nSPS) is 11.1. The molecule has 102 valence electrons. The fraction of sp³-hybridized carbons (Fsp3) is 0.438. The second-order valence-corrected chi connectivity index (χ2v) is 5.26. The van der Waals surface area contributed by atoms with E-state index in [0.29, 0.717) is 0 Å². The fourth-order valence-corrected chi connectivity index (χ4v) is 2.75. The highest BCUT2D eigenvalue weighted by Gasteiger charge is 2.12. The van der Waals surface area contributed by atoms with Gasteiger partial charge >= 0.3 is 5.97 Å². The van der Waals surface area contributed by atoms with Crippen molar-refractivity contribution in [3.8, 4) is 0 Å². The maximum absolute atomic E-state index is 11.0. The summed E-state index contributed by atoms with van der Waals surface area (Å²) in [5.41, 5.74) is 4.72. The van der Waals surface area contributed by atoms with Crippen LogP contribution in [0.2, 0.25) is 0 Å². The minimum absolute atomic E-state index is 0.0343. The summed E-state index contributed by atoms with van der Waals surface area (Å²) in [6.45, 7) is 6.35. The van der Waals surface area contributed by atoms with E-state index in [9.17, 15) is 4.79 Å². The fourth-order valence-electron chi connectivity index (χ4n) is 2.75. The highest BCUT2D eigenvalue weighted by atomic mass is 16.4. The van der Waals surface area contributed by atoms with E-state index in [2.05, 4.69) is 32.9 Å². The number of hydrogen-bond donors (Lipinski definition) is 1. The molecule has 0 amide bonds. The first kappa shape index (κ1) is 13.7. The molecule has 0 radical (unpaired) electrons. The van der Waals surface area contributed by atoms with E-state index in [1.54, 1.807) is 0 Å². The third kappa shape index (κ3) is 2.80. The monoisotopic (exact) mass is 259 g/mol. The molecule has 2 aromatic rings. The number of aryl methyl sites for hydroxylation is 3. The van der Waals surface area contributed by atoms with Crippen LogP contribution in [0, 0.1) is 13.8 Å². The Labute approximate surface area is 113 Å². The van der Waals surface area contributed by atoms with Gasteiger partial charge in [0.2, 0.25) is 0 Å². The van der Waals surface area contributed by atoms with Crippen molar-refractivity contribution in [1.29, 1.82) is 0 Å². The zero-order chi connectivity index (χ0) is 14.0. The molecule has 0 atom stereocenters. The number of carboxylic acids is 1. The lowest BCUT2D eigenvalue weighted by molar-refractivity contribution is -0.137. The summed E-state index contributed by atoms with van der Waals surface area (Å²) in [5, 5.41) is 10.3. The van der Waals surface area contributed by atoms with E-state index >= 15 is 0 Å². The summed E-state index contributed by atoms with van der Waals surface area (Å²) in [6, 6.07) is 4.29. The molecular weight excluding hydrogens is 238 g/mol. The van der Waals surface area contributed by atoms with Gasteiger partial charge < -0.3 is 9.67 Å². The molecule has 0 aliphatic rings. The predicted molar refractivity (Wildman–Crippen MR) is 77.7 cm³/mol. The second-order valence-electron chi connectivity index (χ2n) is 5.26. The summed E-state index contributed by atoms with van der Waals surface area (Å²) < 4.78 is 1.87. The van der Waals surface area contributed by atoms with Crippen LogP contribution in [0.5, 0.6) is 0 Å². The Morgan fingerprint density at radius 1 is 1.32 bits per heavy atom. The number of nitrogens with zero attached hydrogens (tertiary/aromatic N) is 1. The highest BCUT2D eigenvalue weighted by Crippen LogP contribution is 2.27. The van der Waals surface area contributed by atoms with Gasteiger partial charge in [-0.2, -0.15) is 0 Å². The molecule has 1 aromatic carbocycles. The van der Waals surface area contributed by atoms with Gasteiger partial charge in [-0.3, -0.25) is 4.79 Å². The summed E-state index contributed by atoms with van der Waals surface area (Å²) in [6.07, 6.45) is 5.32. The van der Waals surface area contributed by atoms with Gasteiger partial charge in [0.05, 0.1) is 5.52 Å². The highest BCUT2D eigenvalue weighted by molar-refractivity contribution is 5.88. The Morgan fingerprint density at radius 2 is 2.05 bits per heavy atom. The Kier molecular flexibility index (Phi) is 3.93. The van der Waals surface area contributed by atoms with Gasteiger partial charge in [-0.25, -0.2) is 0 Å². The third-order valence-corrected chi connectivity index (χ3v) is 3.49. The average Bonchev–Trinajstić information content (AvgIpc) is 2.63. The van der Waals surface area contributed by atoms with Crippen LogP contribution in [0.4, 0.5) is 0 Å². The minimum Gasteiger partial charge on any atom is -0.480 e. The number of fused-ring (bicyclic) bond motifs is 1. The number of rotatable bonds is 5. The molecule has 0 unspecified atom stereocenters. The molecule has 0 aliphatic carbocycles. The summed E-state index contributed by atoms with van der Waals surface area (Å²) >= 11 is 0. The van der Waals surface area contributed by atoms with Crippen LogP contribution in [-0.2, 0) is 17.8 Å². The van der Waals surface area contributed by atoms with Crippen LogP contribution in [-0.4, -0.2) is 15.6 Å². The number of benzene rings is 1. The summed E-state index contributed by atoms with van der Waals surface area (Å²) in [4.78, 5) is 11.0. The SMILES string of the molecule is CCCCc1cn(CC(=O)O)c2c(C)cc(C)cc12. The molecule has 2 rings (SSSR count). The quantitative estimate of drug-likeness (QED) is 0.890. The minimum atomic E-state index is -0.793. The molecule has 0 saturated heterocycles. The van der Waals surface area contributed by atoms with Crippen LogP contribution < -0.4 is 0 Å². The number of carboxylic acid groups (broad SMARTS) is 1. The first-order chi connectivity index (χ1) is 9.02. The van der Waals surface area contributed by atoms with Gasteiger partial charge in [0.15, 0.2) is 0 Å². The molecule has 1 N–H and O–H groups in total. The maximum atomic E-state index is 11.0. The van der Waals surface area contributed by atoms with Gasteiger partial charge in [0.1, 0.15) is 6.54 Å². The van der Waals surface area contributed by atoms with Gasteiger partial charge in [0.25, 0.3) is 0 Å². The van der Waals surface area contributed by atoms with Crippen LogP contribution >= 0.6 is 0 Å². The smallest absolute Gasteiger partial charge is 0.323 e. The number of hydrogen-bond acceptors (Lipinski definition) is 1. The molecule has 0 fully saturated rings. The van der Waals surface area contributed by atoms with Crippen molar-refractivity contribution in [3.05, 3.63) is 35.0 Å². The number of aromatic nitrogens is 1. The van der Waals surface area contributed by atoms with Crippen LogP contribution in [0.3, 0.4) is 0 Å². The molecule has 0 saturated carbocycles. The first-order valence-corrected chi connectivity index (χ1v) is 6.83. The molecular formula is C16H21NO2. The molecule has 1 aromatic heterocycles. The zero-order valence-corrected chi connectivity index (χ0v) is 11.9. The second kappa shape index (κ2) is 5.47. The number of unbranched alkanes of at least 4 members (excludes halogenated alkanes) is 1. The lowest BCUT2D eigenvalue weighted by Gasteiger charge is -2.05. The molecule has 0 spiro atoms. The topological polar surface area (TPSA) is 42.2 Å². The lowest BCUT2D eigenvalue weighted by atomic mass is 10.0. The van der Waals surface area contributed by atoms with E-state index in [1.165, 1.54) is 16.5 Å². The van der Waals surface area contributed by atoms with Crippen molar-refractivity contribution in [1.82, 2.24) is 4.57 Å². The van der Waals surface area contributed by atoms with Crippen LogP contribution in [0.15, 0.2) is 18.3 Å². The molecule has 3 nitrogen and oxygen atoms in total. The van der Waals surface area contributed by atoms with Crippen molar-refractivity contribution >= 4 is 16.9 Å². The Bertz CT molecular complexity index is 611. The van der Waals surface area contributed by atoms with Gasteiger partial charge in [-0.15, -0.1) is 0 Å². The Morgan fingerprint density at radius 3 is 2.68 bits per heavy atom. The van der Waals surface area contributed by atoms with E-state index in [1.807, 2.05) is 10.8 Å². The lowest BCUT2D eigenvalue weighted by Crippen LogP contribution is -2.07. The van der Waals surface area contributed by atoms with E-state index in [0.717, 1.165) is 30.3 Å². The van der Waals surface area contributed by atoms with Crippen molar-refractivity contribution in [2.45, 2.75) is 46.6 Å². The van der Waals surface area contributed by atoms with Crippen molar-refractivity contribution in [2.24, 2.45) is 0 Å². The van der Waals surface area contributed by atoms with E-state index < -0.39 is 5.97 Å². The van der Waals surface area contributed by atoms with Crippen molar-refractivity contribution in [3.63, 3.8) is 0 Å². The third-order valence-electron chi connectivity index (χ3n) is 3.49. The summed E-state index contributed by atoms with van der Waals surface area (Å²) in [7, 11) is 0. The number of aliphatic carboxylic acids is 1. The van der Waals surface area contributed by atoms with Crippen LogP contribution in [0.1, 0.15) is 36.5 Å². The molecule has 0 aliphatic heterocycles. The molecule has 0 bridgehead atoms.